The van der Waals surface area contributed by atoms with E-state index in [1.807, 2.05) is 51.1 Å². The molecule has 0 fully saturated rings. The normalized spacial score (nSPS) is 12.8. The van der Waals surface area contributed by atoms with Gasteiger partial charge in [0.05, 0.1) is 4.90 Å². The summed E-state index contributed by atoms with van der Waals surface area (Å²) in [5.41, 5.74) is 3.23. The lowest BCUT2D eigenvalue weighted by atomic mass is 10.1. The molecule has 136 valence electrons. The average molecular weight is 362 g/mol. The second-order valence-electron chi connectivity index (χ2n) is 6.40. The minimum Gasteiger partial charge on any atom is -0.489 e. The third-order valence-corrected chi connectivity index (χ3v) is 5.50. The molecule has 0 spiro atoms. The Balaban J connectivity index is 1.99. The van der Waals surface area contributed by atoms with E-state index in [1.165, 1.54) is 0 Å². The molecule has 0 saturated heterocycles. The smallest absolute Gasteiger partial charge is 0.240 e. The number of rotatable bonds is 8. The highest BCUT2D eigenvalue weighted by atomic mass is 32.2. The van der Waals surface area contributed by atoms with Crippen LogP contribution in [0.2, 0.25) is 0 Å². The van der Waals surface area contributed by atoms with E-state index in [2.05, 4.69) is 11.6 Å². The maximum absolute atomic E-state index is 12.4. The van der Waals surface area contributed by atoms with E-state index in [0.29, 0.717) is 0 Å². The second kappa shape index (κ2) is 8.50. The summed E-state index contributed by atoms with van der Waals surface area (Å²) in [4.78, 5) is 0.284. The van der Waals surface area contributed by atoms with Gasteiger partial charge in [-0.3, -0.25) is 0 Å². The number of sulfonamides is 1. The summed E-state index contributed by atoms with van der Waals surface area (Å²) in [5, 5.41) is 0. The van der Waals surface area contributed by atoms with Crippen LogP contribution in [0.5, 0.6) is 5.75 Å². The second-order valence-corrected chi connectivity index (χ2v) is 8.16. The van der Waals surface area contributed by atoms with Crippen molar-refractivity contribution in [2.45, 2.75) is 51.5 Å². The number of nitrogens with one attached hydrogen (secondary N) is 1. The molecule has 0 aromatic heterocycles. The largest absolute Gasteiger partial charge is 0.489 e. The topological polar surface area (TPSA) is 55.4 Å². The fraction of sp³-hybridized carbons (Fsp3) is 0.400. The number of hydrogen-bond acceptors (Lipinski definition) is 3. The van der Waals surface area contributed by atoms with Crippen molar-refractivity contribution >= 4 is 10.0 Å². The Kier molecular flexibility index (Phi) is 6.62. The van der Waals surface area contributed by atoms with Gasteiger partial charge in [0.2, 0.25) is 10.0 Å². The molecule has 0 amide bonds. The van der Waals surface area contributed by atoms with Crippen LogP contribution in [-0.4, -0.2) is 21.1 Å². The Morgan fingerprint density at radius 3 is 2.20 bits per heavy atom. The molecule has 4 nitrogen and oxygen atoms in total. The fourth-order valence-corrected chi connectivity index (χ4v) is 3.78. The van der Waals surface area contributed by atoms with Crippen LogP contribution in [0.1, 0.15) is 37.0 Å². The zero-order valence-electron chi connectivity index (χ0n) is 15.4. The standard InChI is InChI=1S/C20H27NO3S/c1-5-7-18-10-12-19(13-11-18)25(22,23)21-14-17(4)24-20-15(2)8-6-9-16(20)3/h6,8-13,17,21H,5,7,14H2,1-4H3. The first-order chi connectivity index (χ1) is 11.8. The van der Waals surface area contributed by atoms with Gasteiger partial charge in [0.25, 0.3) is 0 Å². The van der Waals surface area contributed by atoms with Gasteiger partial charge >= 0.3 is 0 Å². The van der Waals surface area contributed by atoms with Crippen molar-refractivity contribution < 1.29 is 13.2 Å². The van der Waals surface area contributed by atoms with Gasteiger partial charge in [-0.15, -0.1) is 0 Å². The molecule has 2 aromatic rings. The van der Waals surface area contributed by atoms with Gasteiger partial charge in [0.1, 0.15) is 11.9 Å². The first-order valence-corrected chi connectivity index (χ1v) is 10.1. The zero-order valence-corrected chi connectivity index (χ0v) is 16.2. The molecule has 1 atom stereocenters. The molecule has 1 N–H and O–H groups in total. The van der Waals surface area contributed by atoms with Crippen molar-refractivity contribution in [2.24, 2.45) is 0 Å². The highest BCUT2D eigenvalue weighted by molar-refractivity contribution is 7.89. The van der Waals surface area contributed by atoms with Crippen molar-refractivity contribution in [2.75, 3.05) is 6.54 Å². The van der Waals surface area contributed by atoms with Crippen molar-refractivity contribution in [3.63, 3.8) is 0 Å². The lowest BCUT2D eigenvalue weighted by Crippen LogP contribution is -2.33. The van der Waals surface area contributed by atoms with Gasteiger partial charge in [-0.05, 0) is 56.0 Å². The van der Waals surface area contributed by atoms with Crippen LogP contribution in [0.4, 0.5) is 0 Å². The number of aryl methyl sites for hydroxylation is 3. The maximum atomic E-state index is 12.4. The van der Waals surface area contributed by atoms with Crippen LogP contribution in [-0.2, 0) is 16.4 Å². The summed E-state index contributed by atoms with van der Waals surface area (Å²) in [7, 11) is -3.53. The summed E-state index contributed by atoms with van der Waals surface area (Å²) in [6.07, 6.45) is 1.72. The molecular formula is C20H27NO3S. The van der Waals surface area contributed by atoms with Crippen LogP contribution < -0.4 is 9.46 Å². The summed E-state index contributed by atoms with van der Waals surface area (Å²) < 4.78 is 33.4. The van der Waals surface area contributed by atoms with E-state index < -0.39 is 10.0 Å². The molecule has 0 aliphatic carbocycles. The lowest BCUT2D eigenvalue weighted by Gasteiger charge is -2.19. The molecule has 0 saturated carbocycles. The Hall–Kier alpha value is -1.85. The van der Waals surface area contributed by atoms with E-state index in [1.54, 1.807) is 12.1 Å². The van der Waals surface area contributed by atoms with Crippen molar-refractivity contribution in [3.05, 3.63) is 59.2 Å². The third kappa shape index (κ3) is 5.31. The summed E-state index contributed by atoms with van der Waals surface area (Å²) in [6.45, 7) is 8.14. The minimum atomic E-state index is -3.53. The zero-order chi connectivity index (χ0) is 18.4. The van der Waals surface area contributed by atoms with Crippen molar-refractivity contribution in [1.29, 1.82) is 0 Å². The number of para-hydroxylation sites is 1. The van der Waals surface area contributed by atoms with Crippen molar-refractivity contribution in [1.82, 2.24) is 4.72 Å². The summed E-state index contributed by atoms with van der Waals surface area (Å²) >= 11 is 0. The van der Waals surface area contributed by atoms with E-state index in [0.717, 1.165) is 35.3 Å². The summed E-state index contributed by atoms with van der Waals surface area (Å²) in [5.74, 6) is 0.818. The van der Waals surface area contributed by atoms with Gasteiger partial charge < -0.3 is 4.74 Å². The molecule has 0 radical (unpaired) electrons. The van der Waals surface area contributed by atoms with Crippen molar-refractivity contribution in [3.8, 4) is 5.75 Å². The lowest BCUT2D eigenvalue weighted by molar-refractivity contribution is 0.222. The van der Waals surface area contributed by atoms with Crippen LogP contribution in [0.25, 0.3) is 0 Å². The predicted molar refractivity (Wildman–Crippen MR) is 102 cm³/mol. The van der Waals surface area contributed by atoms with Gasteiger partial charge in [-0.2, -0.15) is 0 Å². The quantitative estimate of drug-likeness (QED) is 0.773. The summed E-state index contributed by atoms with van der Waals surface area (Å²) in [6, 6.07) is 13.0. The Bertz CT molecular complexity index is 778. The van der Waals surface area contributed by atoms with Gasteiger partial charge in [0, 0.05) is 6.54 Å². The number of benzene rings is 2. The average Bonchev–Trinajstić information content (AvgIpc) is 2.57. The monoisotopic (exact) mass is 361 g/mol. The maximum Gasteiger partial charge on any atom is 0.240 e. The van der Waals surface area contributed by atoms with Gasteiger partial charge in [0.15, 0.2) is 0 Å². The fourth-order valence-electron chi connectivity index (χ4n) is 2.66. The van der Waals surface area contributed by atoms with Crippen LogP contribution >= 0.6 is 0 Å². The Morgan fingerprint density at radius 2 is 1.64 bits per heavy atom. The van der Waals surface area contributed by atoms with E-state index >= 15 is 0 Å². The Labute approximate surface area is 151 Å². The van der Waals surface area contributed by atoms with Gasteiger partial charge in [-0.1, -0.05) is 43.7 Å². The molecule has 0 aliphatic rings. The molecule has 2 aromatic carbocycles. The molecule has 2 rings (SSSR count). The van der Waals surface area contributed by atoms with Gasteiger partial charge in [-0.25, -0.2) is 13.1 Å². The number of hydrogen-bond donors (Lipinski definition) is 1. The van der Waals surface area contributed by atoms with E-state index in [9.17, 15) is 8.42 Å². The third-order valence-electron chi connectivity index (χ3n) is 4.06. The van der Waals surface area contributed by atoms with Crippen LogP contribution in [0.15, 0.2) is 47.4 Å². The van der Waals surface area contributed by atoms with E-state index in [-0.39, 0.29) is 17.5 Å². The highest BCUT2D eigenvalue weighted by Crippen LogP contribution is 2.23. The molecule has 0 heterocycles. The first-order valence-electron chi connectivity index (χ1n) is 8.65. The SMILES string of the molecule is CCCc1ccc(S(=O)(=O)NCC(C)Oc2c(C)cccc2C)cc1. The minimum absolute atomic E-state index is 0.215. The van der Waals surface area contributed by atoms with Crippen LogP contribution in [0, 0.1) is 13.8 Å². The molecule has 0 bridgehead atoms. The molecular weight excluding hydrogens is 334 g/mol. The molecule has 25 heavy (non-hydrogen) atoms. The predicted octanol–water partition coefficient (Wildman–Crippen LogP) is 4.00. The Morgan fingerprint density at radius 1 is 1.04 bits per heavy atom. The molecule has 0 aliphatic heterocycles. The number of ether oxygens (including phenoxy) is 1. The highest BCUT2D eigenvalue weighted by Gasteiger charge is 2.16. The van der Waals surface area contributed by atoms with E-state index in [4.69, 9.17) is 4.74 Å². The first kappa shape index (κ1) is 19.5. The molecule has 5 heteroatoms. The molecule has 1 unspecified atom stereocenters. The van der Waals surface area contributed by atoms with Crippen LogP contribution in [0.3, 0.4) is 0 Å².